The fourth-order valence-electron chi connectivity index (χ4n) is 1.59. The minimum Gasteiger partial charge on any atom is -0.383 e. The molecule has 0 spiro atoms. The average Bonchev–Trinajstić information content (AvgIpc) is 2.33. The van der Waals surface area contributed by atoms with Gasteiger partial charge in [0.25, 0.3) is 0 Å². The fourth-order valence-corrected chi connectivity index (χ4v) is 1.82. The molecule has 3 nitrogen and oxygen atoms in total. The van der Waals surface area contributed by atoms with E-state index in [9.17, 15) is 9.18 Å². The lowest BCUT2D eigenvalue weighted by molar-refractivity contribution is 0.0993. The van der Waals surface area contributed by atoms with Crippen molar-refractivity contribution in [3.05, 3.63) is 58.5 Å². The van der Waals surface area contributed by atoms with E-state index in [1.807, 2.05) is 0 Å². The number of halogens is 2. The summed E-state index contributed by atoms with van der Waals surface area (Å²) in [6.45, 7) is 0. The van der Waals surface area contributed by atoms with Gasteiger partial charge in [-0.1, -0.05) is 17.7 Å². The number of carbonyl (C=O) groups excluding carboxylic acids is 1. The van der Waals surface area contributed by atoms with Crippen molar-refractivity contribution in [1.29, 1.82) is 0 Å². The van der Waals surface area contributed by atoms with Gasteiger partial charge in [-0.05, 0) is 29.8 Å². The average molecular weight is 265 g/mol. The zero-order chi connectivity index (χ0) is 13.1. The summed E-state index contributed by atoms with van der Waals surface area (Å²) in [5.41, 5.74) is 6.52. The highest BCUT2D eigenvalue weighted by Crippen LogP contribution is 2.20. The third kappa shape index (κ3) is 2.65. The first-order valence-corrected chi connectivity index (χ1v) is 5.63. The molecule has 0 fully saturated rings. The lowest BCUT2D eigenvalue weighted by Crippen LogP contribution is -2.08. The van der Waals surface area contributed by atoms with E-state index < -0.39 is 5.82 Å². The van der Waals surface area contributed by atoms with Crippen molar-refractivity contribution in [2.75, 3.05) is 5.73 Å². The molecule has 2 aromatic rings. The molecule has 5 heteroatoms. The number of aromatic nitrogens is 1. The van der Waals surface area contributed by atoms with E-state index in [1.54, 1.807) is 12.1 Å². The smallest absolute Gasteiger partial charge is 0.170 e. The highest BCUT2D eigenvalue weighted by Gasteiger charge is 2.13. The molecule has 2 N–H and O–H groups in total. The lowest BCUT2D eigenvalue weighted by Gasteiger charge is -2.05. The lowest BCUT2D eigenvalue weighted by atomic mass is 10.0. The Labute approximate surface area is 108 Å². The van der Waals surface area contributed by atoms with Crippen LogP contribution in [0.25, 0.3) is 0 Å². The number of benzene rings is 1. The van der Waals surface area contributed by atoms with Crippen LogP contribution in [0.4, 0.5) is 10.2 Å². The van der Waals surface area contributed by atoms with Gasteiger partial charge in [-0.25, -0.2) is 9.37 Å². The molecule has 0 atom stereocenters. The van der Waals surface area contributed by atoms with E-state index in [2.05, 4.69) is 4.98 Å². The molecule has 0 saturated carbocycles. The molecule has 1 aromatic carbocycles. The third-order valence-corrected chi connectivity index (χ3v) is 2.86. The number of ketones is 1. The predicted octanol–water partition coefficient (Wildman–Crippen LogP) is 2.88. The second-order valence-electron chi connectivity index (χ2n) is 3.77. The summed E-state index contributed by atoms with van der Waals surface area (Å²) in [5, 5.41) is 0.228. The monoisotopic (exact) mass is 264 g/mol. The highest BCUT2D eigenvalue weighted by molar-refractivity contribution is 6.31. The maximum atomic E-state index is 12.9. The molecule has 0 aliphatic heterocycles. The van der Waals surface area contributed by atoms with E-state index in [4.69, 9.17) is 17.3 Å². The Balaban J connectivity index is 2.24. The molecule has 1 heterocycles. The Kier molecular flexibility index (Phi) is 3.58. The number of carbonyl (C=O) groups is 1. The van der Waals surface area contributed by atoms with Crippen molar-refractivity contribution in [2.45, 2.75) is 6.42 Å². The van der Waals surface area contributed by atoms with Gasteiger partial charge in [0.2, 0.25) is 0 Å². The van der Waals surface area contributed by atoms with Crippen LogP contribution >= 0.6 is 11.6 Å². The summed E-state index contributed by atoms with van der Waals surface area (Å²) in [7, 11) is 0. The number of Topliss-reactive ketones (excluding diaryl/α,β-unsaturated/α-hetero) is 1. The van der Waals surface area contributed by atoms with Gasteiger partial charge in [0.1, 0.15) is 11.6 Å². The van der Waals surface area contributed by atoms with Crippen molar-refractivity contribution in [3.63, 3.8) is 0 Å². The van der Waals surface area contributed by atoms with Gasteiger partial charge >= 0.3 is 0 Å². The quantitative estimate of drug-likeness (QED) is 0.868. The Hall–Kier alpha value is -1.94. The number of pyridine rings is 1. The van der Waals surface area contributed by atoms with Gasteiger partial charge in [-0.2, -0.15) is 0 Å². The van der Waals surface area contributed by atoms with Gasteiger partial charge in [-0.15, -0.1) is 0 Å². The SMILES string of the molecule is Nc1ncccc1C(=O)Cc1ccc(F)cc1Cl. The van der Waals surface area contributed by atoms with Crippen LogP contribution in [0, 0.1) is 5.82 Å². The molecule has 1 aromatic heterocycles. The van der Waals surface area contributed by atoms with Crippen molar-refractivity contribution in [3.8, 4) is 0 Å². The van der Waals surface area contributed by atoms with Crippen LogP contribution < -0.4 is 5.73 Å². The number of nitrogens with two attached hydrogens (primary N) is 1. The number of rotatable bonds is 3. The first-order valence-electron chi connectivity index (χ1n) is 5.25. The Morgan fingerprint density at radius 3 is 2.83 bits per heavy atom. The molecule has 0 bridgehead atoms. The van der Waals surface area contributed by atoms with Gasteiger partial charge in [0.15, 0.2) is 5.78 Å². The Bertz CT molecular complexity index is 601. The maximum Gasteiger partial charge on any atom is 0.170 e. The predicted molar refractivity (Wildman–Crippen MR) is 68.1 cm³/mol. The molecule has 92 valence electrons. The second-order valence-corrected chi connectivity index (χ2v) is 4.18. The molecule has 0 radical (unpaired) electrons. The standard InChI is InChI=1S/C13H10ClFN2O/c14-11-7-9(15)4-3-8(11)6-12(18)10-2-1-5-17-13(10)16/h1-5,7H,6H2,(H2,16,17). The van der Waals surface area contributed by atoms with Crippen LogP contribution in [0.2, 0.25) is 5.02 Å². The van der Waals surface area contributed by atoms with E-state index >= 15 is 0 Å². The summed E-state index contributed by atoms with van der Waals surface area (Å²) >= 11 is 5.86. The molecular formula is C13H10ClFN2O. The van der Waals surface area contributed by atoms with Crippen LogP contribution in [0.15, 0.2) is 36.5 Å². The summed E-state index contributed by atoms with van der Waals surface area (Å²) < 4.78 is 12.9. The number of nitrogens with zero attached hydrogens (tertiary/aromatic N) is 1. The zero-order valence-electron chi connectivity index (χ0n) is 9.36. The van der Waals surface area contributed by atoms with Crippen molar-refractivity contribution in [2.24, 2.45) is 0 Å². The van der Waals surface area contributed by atoms with Crippen molar-refractivity contribution >= 4 is 23.2 Å². The van der Waals surface area contributed by atoms with Crippen molar-refractivity contribution in [1.82, 2.24) is 4.98 Å². The molecule has 0 amide bonds. The van der Waals surface area contributed by atoms with Crippen LogP contribution in [0.5, 0.6) is 0 Å². The van der Waals surface area contributed by atoms with Crippen LogP contribution in [0.1, 0.15) is 15.9 Å². The minimum atomic E-state index is -0.433. The van der Waals surface area contributed by atoms with Crippen molar-refractivity contribution < 1.29 is 9.18 Å². The van der Waals surface area contributed by atoms with Crippen LogP contribution in [0.3, 0.4) is 0 Å². The van der Waals surface area contributed by atoms with E-state index in [-0.39, 0.29) is 23.0 Å². The fraction of sp³-hybridized carbons (Fsp3) is 0.0769. The summed E-state index contributed by atoms with van der Waals surface area (Å²) in [4.78, 5) is 15.8. The summed E-state index contributed by atoms with van der Waals surface area (Å²) in [6, 6.07) is 7.16. The second kappa shape index (κ2) is 5.14. The number of hydrogen-bond acceptors (Lipinski definition) is 3. The Morgan fingerprint density at radius 1 is 1.39 bits per heavy atom. The molecule has 0 unspecified atom stereocenters. The van der Waals surface area contributed by atoms with E-state index in [0.29, 0.717) is 11.1 Å². The summed E-state index contributed by atoms with van der Waals surface area (Å²) in [5.74, 6) is -0.452. The molecule has 0 aliphatic carbocycles. The molecule has 0 aliphatic rings. The number of anilines is 1. The molecule has 0 saturated heterocycles. The van der Waals surface area contributed by atoms with Crippen LogP contribution in [-0.2, 0) is 6.42 Å². The largest absolute Gasteiger partial charge is 0.383 e. The number of nitrogen functional groups attached to an aromatic ring is 1. The third-order valence-electron chi connectivity index (χ3n) is 2.51. The normalized spacial score (nSPS) is 10.3. The molecular weight excluding hydrogens is 255 g/mol. The first kappa shape index (κ1) is 12.5. The van der Waals surface area contributed by atoms with Gasteiger partial charge in [-0.3, -0.25) is 4.79 Å². The highest BCUT2D eigenvalue weighted by atomic mass is 35.5. The zero-order valence-corrected chi connectivity index (χ0v) is 10.1. The van der Waals surface area contributed by atoms with Gasteiger partial charge < -0.3 is 5.73 Å². The van der Waals surface area contributed by atoms with Gasteiger partial charge in [0.05, 0.1) is 5.56 Å². The molecule has 2 rings (SSSR count). The Morgan fingerprint density at radius 2 is 2.17 bits per heavy atom. The topological polar surface area (TPSA) is 56.0 Å². The van der Waals surface area contributed by atoms with Crippen LogP contribution in [-0.4, -0.2) is 10.8 Å². The van der Waals surface area contributed by atoms with Gasteiger partial charge in [0, 0.05) is 17.6 Å². The van der Waals surface area contributed by atoms with E-state index in [1.165, 1.54) is 24.4 Å². The maximum absolute atomic E-state index is 12.9. The first-order chi connectivity index (χ1) is 8.58. The number of hydrogen-bond donors (Lipinski definition) is 1. The van der Waals surface area contributed by atoms with E-state index in [0.717, 1.165) is 0 Å². The minimum absolute atomic E-state index is 0.0645. The molecule has 18 heavy (non-hydrogen) atoms. The summed E-state index contributed by atoms with van der Waals surface area (Å²) in [6.07, 6.45) is 1.58.